The van der Waals surface area contributed by atoms with E-state index in [1.165, 1.54) is 34.5 Å². The van der Waals surface area contributed by atoms with E-state index in [9.17, 15) is 4.39 Å². The molecule has 0 radical (unpaired) electrons. The van der Waals surface area contributed by atoms with E-state index in [-0.39, 0.29) is 23.6 Å². The highest BCUT2D eigenvalue weighted by atomic mass is 35.5. The Balaban J connectivity index is 0.00000272. The third-order valence-electron chi connectivity index (χ3n) is 5.70. The molecule has 3 nitrogen and oxygen atoms in total. The first-order valence-corrected chi connectivity index (χ1v) is 10.2. The lowest BCUT2D eigenvalue weighted by Gasteiger charge is -2.19. The molecule has 2 aromatic heterocycles. The molecule has 0 saturated heterocycles. The molecule has 0 N–H and O–H groups in total. The van der Waals surface area contributed by atoms with Gasteiger partial charge in [-0.25, -0.2) is 9.37 Å². The number of pyridine rings is 1. The van der Waals surface area contributed by atoms with E-state index < -0.39 is 0 Å². The molecule has 31 heavy (non-hydrogen) atoms. The van der Waals surface area contributed by atoms with Crippen molar-refractivity contribution in [2.75, 3.05) is 0 Å². The van der Waals surface area contributed by atoms with Crippen LogP contribution in [0.25, 0.3) is 10.9 Å². The Hall–Kier alpha value is -2.85. The van der Waals surface area contributed by atoms with Crippen molar-refractivity contribution < 1.29 is 9.13 Å². The molecule has 0 amide bonds. The minimum absolute atomic E-state index is 0. The van der Waals surface area contributed by atoms with Crippen LogP contribution in [-0.4, -0.2) is 9.55 Å². The molecule has 2 heterocycles. The normalized spacial score (nSPS) is 11.4. The van der Waals surface area contributed by atoms with Crippen LogP contribution >= 0.6 is 12.4 Å². The summed E-state index contributed by atoms with van der Waals surface area (Å²) in [5.41, 5.74) is 6.02. The van der Waals surface area contributed by atoms with Gasteiger partial charge in [0.25, 0.3) is 0 Å². The Labute approximate surface area is 189 Å². The van der Waals surface area contributed by atoms with E-state index >= 15 is 0 Å². The van der Waals surface area contributed by atoms with Crippen molar-refractivity contribution in [3.8, 4) is 11.6 Å². The molecule has 4 rings (SSSR count). The topological polar surface area (TPSA) is 27.1 Å². The number of fused-ring (bicyclic) bond motifs is 1. The largest absolute Gasteiger partial charge is 0.437 e. The SMILES string of the molecule is Cc1c(C)n(Cc2ccc(C(C)(C)C)cc2)c2c(Oc3ccc(F)cc3)nccc12.Cl. The average molecular weight is 439 g/mol. The highest BCUT2D eigenvalue weighted by Gasteiger charge is 2.18. The third-order valence-corrected chi connectivity index (χ3v) is 5.70. The third kappa shape index (κ3) is 4.59. The Morgan fingerprint density at radius 3 is 2.19 bits per heavy atom. The number of ether oxygens (including phenoxy) is 1. The molecule has 0 bridgehead atoms. The standard InChI is InChI=1S/C26H27FN2O.ClH/c1-17-18(2)29(16-19-6-8-20(9-7-19)26(3,4)5)24-23(17)14-15-28-25(24)30-22-12-10-21(27)11-13-22;/h6-15H,16H2,1-5H3;1H. The van der Waals surface area contributed by atoms with Crippen LogP contribution in [-0.2, 0) is 12.0 Å². The van der Waals surface area contributed by atoms with E-state index in [1.807, 2.05) is 6.07 Å². The first-order valence-electron chi connectivity index (χ1n) is 10.2. The first kappa shape index (κ1) is 22.8. The van der Waals surface area contributed by atoms with Crippen LogP contribution in [0, 0.1) is 19.7 Å². The van der Waals surface area contributed by atoms with Crippen LogP contribution in [0.3, 0.4) is 0 Å². The van der Waals surface area contributed by atoms with Gasteiger partial charge in [-0.05, 0) is 66.3 Å². The van der Waals surface area contributed by atoms with Crippen LogP contribution in [0.5, 0.6) is 11.6 Å². The zero-order valence-corrected chi connectivity index (χ0v) is 19.4. The second kappa shape index (κ2) is 8.72. The monoisotopic (exact) mass is 438 g/mol. The lowest BCUT2D eigenvalue weighted by atomic mass is 9.87. The lowest BCUT2D eigenvalue weighted by molar-refractivity contribution is 0.464. The smallest absolute Gasteiger partial charge is 0.244 e. The fourth-order valence-electron chi connectivity index (χ4n) is 3.74. The molecule has 0 saturated carbocycles. The van der Waals surface area contributed by atoms with Crippen LogP contribution < -0.4 is 4.74 Å². The van der Waals surface area contributed by atoms with Gasteiger partial charge in [-0.15, -0.1) is 12.4 Å². The van der Waals surface area contributed by atoms with Gasteiger partial charge in [0.15, 0.2) is 0 Å². The summed E-state index contributed by atoms with van der Waals surface area (Å²) in [6, 6.07) is 16.8. The summed E-state index contributed by atoms with van der Waals surface area (Å²) in [5, 5.41) is 1.12. The van der Waals surface area contributed by atoms with Crippen molar-refractivity contribution in [3.63, 3.8) is 0 Å². The van der Waals surface area contributed by atoms with E-state index in [0.29, 0.717) is 11.6 Å². The number of hydrogen-bond donors (Lipinski definition) is 0. The molecule has 0 aliphatic heterocycles. The molecule has 2 aromatic carbocycles. The number of hydrogen-bond acceptors (Lipinski definition) is 2. The summed E-state index contributed by atoms with van der Waals surface area (Å²) in [7, 11) is 0. The summed E-state index contributed by atoms with van der Waals surface area (Å²) >= 11 is 0. The maximum Gasteiger partial charge on any atom is 0.244 e. The highest BCUT2D eigenvalue weighted by molar-refractivity contribution is 5.89. The van der Waals surface area contributed by atoms with Gasteiger partial charge in [0.1, 0.15) is 17.1 Å². The molecule has 5 heteroatoms. The van der Waals surface area contributed by atoms with Gasteiger partial charge >= 0.3 is 0 Å². The van der Waals surface area contributed by atoms with Crippen molar-refractivity contribution in [3.05, 3.63) is 89.0 Å². The predicted octanol–water partition coefficient (Wildman–Crippen LogP) is 7.35. The minimum Gasteiger partial charge on any atom is -0.437 e. The van der Waals surface area contributed by atoms with Crippen molar-refractivity contribution in [1.82, 2.24) is 9.55 Å². The fourth-order valence-corrected chi connectivity index (χ4v) is 3.74. The van der Waals surface area contributed by atoms with Gasteiger partial charge in [-0.1, -0.05) is 45.0 Å². The summed E-state index contributed by atoms with van der Waals surface area (Å²) in [6.45, 7) is 11.6. The van der Waals surface area contributed by atoms with Crippen molar-refractivity contribution in [1.29, 1.82) is 0 Å². The number of rotatable bonds is 4. The van der Waals surface area contributed by atoms with E-state index in [2.05, 4.69) is 68.4 Å². The maximum absolute atomic E-state index is 13.3. The van der Waals surface area contributed by atoms with Gasteiger partial charge in [-0.2, -0.15) is 0 Å². The van der Waals surface area contributed by atoms with Crippen LogP contribution in [0.1, 0.15) is 43.2 Å². The fraction of sp³-hybridized carbons (Fsp3) is 0.269. The summed E-state index contributed by atoms with van der Waals surface area (Å²) in [6.07, 6.45) is 1.76. The molecule has 0 fully saturated rings. The molecule has 0 atom stereocenters. The van der Waals surface area contributed by atoms with E-state index in [1.54, 1.807) is 18.3 Å². The van der Waals surface area contributed by atoms with E-state index in [0.717, 1.165) is 17.4 Å². The molecule has 0 aliphatic rings. The van der Waals surface area contributed by atoms with Gasteiger partial charge in [0.2, 0.25) is 5.88 Å². The zero-order valence-electron chi connectivity index (χ0n) is 18.6. The minimum atomic E-state index is -0.290. The number of aryl methyl sites for hydroxylation is 1. The molecule has 0 aliphatic carbocycles. The average Bonchev–Trinajstić information content (AvgIpc) is 2.95. The Kier molecular flexibility index (Phi) is 6.42. The second-order valence-electron chi connectivity index (χ2n) is 8.81. The van der Waals surface area contributed by atoms with Gasteiger partial charge in [0, 0.05) is 23.8 Å². The summed E-state index contributed by atoms with van der Waals surface area (Å²) < 4.78 is 21.6. The summed E-state index contributed by atoms with van der Waals surface area (Å²) in [5.74, 6) is 0.804. The van der Waals surface area contributed by atoms with Crippen molar-refractivity contribution >= 4 is 23.3 Å². The van der Waals surface area contributed by atoms with Crippen molar-refractivity contribution in [2.24, 2.45) is 0 Å². The predicted molar refractivity (Wildman–Crippen MR) is 127 cm³/mol. The van der Waals surface area contributed by atoms with Crippen molar-refractivity contribution in [2.45, 2.75) is 46.6 Å². The van der Waals surface area contributed by atoms with Crippen LogP contribution in [0.4, 0.5) is 4.39 Å². The Morgan fingerprint density at radius 1 is 0.935 bits per heavy atom. The number of aromatic nitrogens is 2. The van der Waals surface area contributed by atoms with E-state index in [4.69, 9.17) is 4.74 Å². The second-order valence-corrected chi connectivity index (χ2v) is 8.81. The first-order chi connectivity index (χ1) is 14.2. The van der Waals surface area contributed by atoms with Crippen LogP contribution in [0.2, 0.25) is 0 Å². The molecule has 162 valence electrons. The quantitative estimate of drug-likeness (QED) is 0.333. The molecular weight excluding hydrogens is 411 g/mol. The molecule has 4 aromatic rings. The maximum atomic E-state index is 13.3. The molecule has 0 spiro atoms. The van der Waals surface area contributed by atoms with Gasteiger partial charge in [-0.3, -0.25) is 0 Å². The number of halogens is 2. The number of benzene rings is 2. The van der Waals surface area contributed by atoms with Gasteiger partial charge < -0.3 is 9.30 Å². The molecular formula is C26H28ClFN2O. The Morgan fingerprint density at radius 2 is 1.58 bits per heavy atom. The van der Waals surface area contributed by atoms with Gasteiger partial charge in [0.05, 0.1) is 0 Å². The molecule has 0 unspecified atom stereocenters. The Bertz CT molecular complexity index is 1190. The summed E-state index contributed by atoms with van der Waals surface area (Å²) in [4.78, 5) is 4.49. The zero-order chi connectivity index (χ0) is 21.5. The van der Waals surface area contributed by atoms with Crippen LogP contribution in [0.15, 0.2) is 60.8 Å². The lowest BCUT2D eigenvalue weighted by Crippen LogP contribution is -2.11. The highest BCUT2D eigenvalue weighted by Crippen LogP contribution is 2.34. The number of nitrogens with zero attached hydrogens (tertiary/aromatic N) is 2.